The Morgan fingerprint density at radius 2 is 1.83 bits per heavy atom. The number of hydrogen-bond donors (Lipinski definition) is 0. The first-order valence-electron chi connectivity index (χ1n) is 7.84. The zero-order valence-electron chi connectivity index (χ0n) is 13.4. The molecule has 0 fully saturated rings. The molecule has 0 N–H and O–H groups in total. The molecule has 0 aliphatic rings. The van der Waals surface area contributed by atoms with Crippen molar-refractivity contribution in [2.24, 2.45) is 0 Å². The van der Waals surface area contributed by atoms with Crippen LogP contribution in [0.4, 0.5) is 0 Å². The zero-order valence-corrected chi connectivity index (χ0v) is 13.4. The normalized spacial score (nSPS) is 10.5. The quantitative estimate of drug-likeness (QED) is 0.487. The van der Waals surface area contributed by atoms with Gasteiger partial charge in [-0.25, -0.2) is 0 Å². The van der Waals surface area contributed by atoms with Crippen LogP contribution in [-0.4, -0.2) is 22.5 Å². The molecule has 2 aromatic carbocycles. The Hall–Kier alpha value is -2.95. The predicted molar refractivity (Wildman–Crippen MR) is 90.0 cm³/mol. The lowest BCUT2D eigenvalue weighted by atomic mass is 10.1. The van der Waals surface area contributed by atoms with Crippen LogP contribution < -0.4 is 4.74 Å². The molecule has 0 saturated heterocycles. The molecule has 1 aromatic heterocycles. The molecule has 24 heavy (non-hydrogen) atoms. The van der Waals surface area contributed by atoms with Crippen LogP contribution in [0.5, 0.6) is 5.75 Å². The van der Waals surface area contributed by atoms with Crippen molar-refractivity contribution in [1.29, 1.82) is 0 Å². The summed E-state index contributed by atoms with van der Waals surface area (Å²) in [6.45, 7) is 2.09. The van der Waals surface area contributed by atoms with Gasteiger partial charge in [-0.05, 0) is 37.6 Å². The van der Waals surface area contributed by atoms with Crippen LogP contribution in [0.2, 0.25) is 0 Å². The summed E-state index contributed by atoms with van der Waals surface area (Å²) in [6.07, 6.45) is 1.43. The minimum Gasteiger partial charge on any atom is -0.494 e. The summed E-state index contributed by atoms with van der Waals surface area (Å²) < 4.78 is 10.9. The smallest absolute Gasteiger partial charge is 0.227 e. The van der Waals surface area contributed by atoms with E-state index in [1.54, 1.807) is 31.2 Å². The minimum absolute atomic E-state index is 0.0483. The molecule has 3 rings (SSSR count). The number of ketones is 1. The van der Waals surface area contributed by atoms with Gasteiger partial charge in [-0.1, -0.05) is 35.5 Å². The van der Waals surface area contributed by atoms with Crippen LogP contribution >= 0.6 is 0 Å². The molecule has 0 aliphatic heterocycles. The molecular weight excluding hydrogens is 304 g/mol. The number of carbonyl (C=O) groups is 1. The lowest BCUT2D eigenvalue weighted by molar-refractivity contribution is 0.101. The monoisotopic (exact) mass is 322 g/mol. The number of carbonyl (C=O) groups excluding carboxylic acids is 1. The van der Waals surface area contributed by atoms with E-state index >= 15 is 0 Å². The molecular formula is C19H18N2O3. The Kier molecular flexibility index (Phi) is 5.01. The van der Waals surface area contributed by atoms with E-state index in [2.05, 4.69) is 10.1 Å². The van der Waals surface area contributed by atoms with Gasteiger partial charge in [0.05, 0.1) is 6.61 Å². The lowest BCUT2D eigenvalue weighted by Gasteiger charge is -2.05. The van der Waals surface area contributed by atoms with Gasteiger partial charge in [-0.3, -0.25) is 4.79 Å². The van der Waals surface area contributed by atoms with E-state index in [4.69, 9.17) is 9.26 Å². The van der Waals surface area contributed by atoms with Gasteiger partial charge >= 0.3 is 0 Å². The number of hydrogen-bond acceptors (Lipinski definition) is 5. The van der Waals surface area contributed by atoms with Gasteiger partial charge in [0.1, 0.15) is 5.75 Å². The average Bonchev–Trinajstić information content (AvgIpc) is 3.09. The van der Waals surface area contributed by atoms with Crippen molar-refractivity contribution in [3.8, 4) is 17.1 Å². The molecule has 0 aliphatic carbocycles. The highest BCUT2D eigenvalue weighted by molar-refractivity contribution is 5.94. The van der Waals surface area contributed by atoms with Crippen molar-refractivity contribution >= 4 is 5.78 Å². The second-order valence-electron chi connectivity index (χ2n) is 5.41. The topological polar surface area (TPSA) is 65.2 Å². The molecule has 0 saturated carbocycles. The predicted octanol–water partition coefficient (Wildman–Crippen LogP) is 3.95. The molecule has 3 aromatic rings. The van der Waals surface area contributed by atoms with Crippen LogP contribution in [-0.2, 0) is 6.42 Å². The molecule has 0 radical (unpaired) electrons. The Labute approximate surface area is 140 Å². The van der Waals surface area contributed by atoms with Crippen molar-refractivity contribution in [2.75, 3.05) is 6.61 Å². The molecule has 0 bridgehead atoms. The Bertz CT molecular complexity index is 795. The number of aromatic nitrogens is 2. The Morgan fingerprint density at radius 3 is 2.54 bits per heavy atom. The summed E-state index contributed by atoms with van der Waals surface area (Å²) in [5, 5.41) is 3.99. The third-order valence-electron chi connectivity index (χ3n) is 3.56. The van der Waals surface area contributed by atoms with Crippen molar-refractivity contribution < 1.29 is 14.1 Å². The summed E-state index contributed by atoms with van der Waals surface area (Å²) in [5.41, 5.74) is 1.62. The molecule has 0 atom stereocenters. The van der Waals surface area contributed by atoms with E-state index in [1.807, 2.05) is 30.3 Å². The largest absolute Gasteiger partial charge is 0.494 e. The van der Waals surface area contributed by atoms with Crippen LogP contribution in [0, 0.1) is 0 Å². The molecule has 0 unspecified atom stereocenters. The molecule has 0 spiro atoms. The fourth-order valence-corrected chi connectivity index (χ4v) is 2.26. The molecule has 122 valence electrons. The number of aryl methyl sites for hydroxylation is 1. The van der Waals surface area contributed by atoms with Gasteiger partial charge in [-0.15, -0.1) is 0 Å². The second kappa shape index (κ2) is 7.55. The van der Waals surface area contributed by atoms with Crippen molar-refractivity contribution in [3.05, 3.63) is 66.1 Å². The number of Topliss-reactive ketones (excluding diaryl/α,β-unsaturated/α-hetero) is 1. The number of rotatable bonds is 7. The molecule has 5 heteroatoms. The maximum atomic E-state index is 11.2. The fraction of sp³-hybridized carbons (Fsp3) is 0.211. The van der Waals surface area contributed by atoms with Crippen LogP contribution in [0.1, 0.15) is 29.6 Å². The van der Waals surface area contributed by atoms with Gasteiger partial charge in [0.15, 0.2) is 5.78 Å². The minimum atomic E-state index is 0.0483. The third kappa shape index (κ3) is 4.07. The summed E-state index contributed by atoms with van der Waals surface area (Å²) in [7, 11) is 0. The van der Waals surface area contributed by atoms with Crippen molar-refractivity contribution in [2.45, 2.75) is 19.8 Å². The maximum absolute atomic E-state index is 11.2. The van der Waals surface area contributed by atoms with Gasteiger partial charge in [0, 0.05) is 17.5 Å². The van der Waals surface area contributed by atoms with Crippen LogP contribution in [0.3, 0.4) is 0 Å². The van der Waals surface area contributed by atoms with E-state index < -0.39 is 0 Å². The average molecular weight is 322 g/mol. The summed E-state index contributed by atoms with van der Waals surface area (Å²) in [4.78, 5) is 15.6. The highest BCUT2D eigenvalue weighted by Gasteiger charge is 2.08. The summed E-state index contributed by atoms with van der Waals surface area (Å²) in [6, 6.07) is 16.9. The SMILES string of the molecule is CC(=O)c1ccc(OCCCc2nc(-c3ccccc3)no2)cc1. The highest BCUT2D eigenvalue weighted by atomic mass is 16.5. The van der Waals surface area contributed by atoms with Crippen molar-refractivity contribution in [3.63, 3.8) is 0 Å². The Balaban J connectivity index is 1.47. The first-order chi connectivity index (χ1) is 11.7. The molecule has 0 amide bonds. The molecule has 1 heterocycles. The van der Waals surface area contributed by atoms with Gasteiger partial charge in [-0.2, -0.15) is 4.98 Å². The highest BCUT2D eigenvalue weighted by Crippen LogP contribution is 2.16. The van der Waals surface area contributed by atoms with Gasteiger partial charge in [0.25, 0.3) is 0 Å². The van der Waals surface area contributed by atoms with E-state index in [1.165, 1.54) is 0 Å². The van der Waals surface area contributed by atoms with Crippen LogP contribution in [0.25, 0.3) is 11.4 Å². The number of ether oxygens (including phenoxy) is 1. The zero-order chi connectivity index (χ0) is 16.8. The lowest BCUT2D eigenvalue weighted by Crippen LogP contribution is -2.00. The number of nitrogens with zero attached hydrogens (tertiary/aromatic N) is 2. The Morgan fingerprint density at radius 1 is 1.08 bits per heavy atom. The molecule has 5 nitrogen and oxygen atoms in total. The van der Waals surface area contributed by atoms with Gasteiger partial charge in [0.2, 0.25) is 11.7 Å². The first-order valence-corrected chi connectivity index (χ1v) is 7.84. The number of benzene rings is 2. The standard InChI is InChI=1S/C19H18N2O3/c1-14(22)15-9-11-17(12-10-15)23-13-5-8-18-20-19(21-24-18)16-6-3-2-4-7-16/h2-4,6-7,9-12H,5,8,13H2,1H3. The third-order valence-corrected chi connectivity index (χ3v) is 3.56. The summed E-state index contributed by atoms with van der Waals surface area (Å²) >= 11 is 0. The van der Waals surface area contributed by atoms with E-state index in [-0.39, 0.29) is 5.78 Å². The first kappa shape index (κ1) is 15.9. The maximum Gasteiger partial charge on any atom is 0.227 e. The summed E-state index contributed by atoms with van der Waals surface area (Å²) in [5.74, 6) is 2.00. The second-order valence-corrected chi connectivity index (χ2v) is 5.41. The van der Waals surface area contributed by atoms with Gasteiger partial charge < -0.3 is 9.26 Å². The van der Waals surface area contributed by atoms with E-state index in [0.717, 1.165) is 17.7 Å². The van der Waals surface area contributed by atoms with E-state index in [0.29, 0.717) is 30.3 Å². The van der Waals surface area contributed by atoms with Crippen LogP contribution in [0.15, 0.2) is 59.1 Å². The van der Waals surface area contributed by atoms with Crippen molar-refractivity contribution in [1.82, 2.24) is 10.1 Å². The van der Waals surface area contributed by atoms with E-state index in [9.17, 15) is 4.79 Å². The fourth-order valence-electron chi connectivity index (χ4n) is 2.26.